The fourth-order valence-corrected chi connectivity index (χ4v) is 3.77. The van der Waals surface area contributed by atoms with E-state index >= 15 is 0 Å². The molecule has 0 N–H and O–H groups in total. The molecular formula is C17H22N4O2S. The highest BCUT2D eigenvalue weighted by Gasteiger charge is 2.21. The number of likely N-dealkylation sites (tertiary alicyclic amines) is 1. The van der Waals surface area contributed by atoms with E-state index in [0.29, 0.717) is 16.8 Å². The summed E-state index contributed by atoms with van der Waals surface area (Å²) in [6.07, 6.45) is 3.95. The zero-order chi connectivity index (χ0) is 16.9. The van der Waals surface area contributed by atoms with Crippen LogP contribution < -0.4 is 4.74 Å². The number of carbonyl (C=O) groups is 1. The molecule has 128 valence electrons. The highest BCUT2D eigenvalue weighted by atomic mass is 32.2. The summed E-state index contributed by atoms with van der Waals surface area (Å²) in [6.45, 7) is 3.92. The monoisotopic (exact) mass is 346 g/mol. The maximum absolute atomic E-state index is 12.4. The van der Waals surface area contributed by atoms with Crippen LogP contribution in [0.5, 0.6) is 5.75 Å². The van der Waals surface area contributed by atoms with Crippen molar-refractivity contribution in [3.8, 4) is 11.4 Å². The highest BCUT2D eigenvalue weighted by Crippen LogP contribution is 2.27. The first-order valence-electron chi connectivity index (χ1n) is 8.13. The molecule has 0 saturated carbocycles. The molecule has 0 spiro atoms. The number of para-hydroxylation sites is 2. The summed E-state index contributed by atoms with van der Waals surface area (Å²) in [5.41, 5.74) is 0.867. The van der Waals surface area contributed by atoms with Gasteiger partial charge in [0.25, 0.3) is 0 Å². The van der Waals surface area contributed by atoms with Crippen molar-refractivity contribution in [1.29, 1.82) is 0 Å². The smallest absolute Gasteiger partial charge is 0.233 e. The molecule has 1 saturated heterocycles. The van der Waals surface area contributed by atoms with Crippen LogP contribution in [-0.2, 0) is 4.79 Å². The van der Waals surface area contributed by atoms with E-state index in [1.165, 1.54) is 18.2 Å². The molecular weight excluding hydrogens is 324 g/mol. The second kappa shape index (κ2) is 7.70. The van der Waals surface area contributed by atoms with Crippen LogP contribution in [0, 0.1) is 5.92 Å². The summed E-state index contributed by atoms with van der Waals surface area (Å²) in [4.78, 5) is 14.4. The number of carbonyl (C=O) groups excluding carboxylic acids is 1. The molecule has 1 aromatic carbocycles. The molecule has 0 aliphatic carbocycles. The normalized spacial score (nSPS) is 17.8. The molecule has 6 nitrogen and oxygen atoms in total. The predicted molar refractivity (Wildman–Crippen MR) is 93.6 cm³/mol. The van der Waals surface area contributed by atoms with Crippen molar-refractivity contribution in [2.45, 2.75) is 24.9 Å². The Bertz CT molecular complexity index is 703. The minimum Gasteiger partial charge on any atom is -0.495 e. The second-order valence-corrected chi connectivity index (χ2v) is 6.97. The fraction of sp³-hybridized carbons (Fsp3) is 0.471. The van der Waals surface area contributed by atoms with Crippen LogP contribution in [0.4, 0.5) is 0 Å². The molecule has 0 bridgehead atoms. The number of piperidine rings is 1. The van der Waals surface area contributed by atoms with Crippen LogP contribution in [0.25, 0.3) is 5.69 Å². The standard InChI is InChI=1S/C17H22N4O2S/c1-13-6-5-9-20(10-13)16(22)11-24-17-19-18-12-21(17)14-7-3-4-8-15(14)23-2/h3-4,7-8,12-13H,5-6,9-11H2,1-2H3/t13-/m0/s1. The topological polar surface area (TPSA) is 60.2 Å². The average Bonchev–Trinajstić information content (AvgIpc) is 3.08. The van der Waals surface area contributed by atoms with Crippen molar-refractivity contribution in [1.82, 2.24) is 19.7 Å². The van der Waals surface area contributed by atoms with Gasteiger partial charge in [-0.05, 0) is 30.9 Å². The minimum absolute atomic E-state index is 0.168. The third-order valence-electron chi connectivity index (χ3n) is 4.20. The van der Waals surface area contributed by atoms with Crippen molar-refractivity contribution in [3.05, 3.63) is 30.6 Å². The maximum Gasteiger partial charge on any atom is 0.233 e. The van der Waals surface area contributed by atoms with Gasteiger partial charge in [0.15, 0.2) is 5.16 Å². The van der Waals surface area contributed by atoms with Crippen molar-refractivity contribution in [3.63, 3.8) is 0 Å². The Labute approximate surface area is 146 Å². The quantitative estimate of drug-likeness (QED) is 0.779. The molecule has 1 aromatic heterocycles. The molecule has 1 fully saturated rings. The van der Waals surface area contributed by atoms with Crippen LogP contribution in [0.2, 0.25) is 0 Å². The second-order valence-electron chi connectivity index (χ2n) is 6.03. The Hall–Kier alpha value is -2.02. The Morgan fingerprint density at radius 1 is 1.42 bits per heavy atom. The van der Waals surface area contributed by atoms with Gasteiger partial charge in [-0.25, -0.2) is 0 Å². The van der Waals surface area contributed by atoms with E-state index in [2.05, 4.69) is 17.1 Å². The maximum atomic E-state index is 12.4. The molecule has 7 heteroatoms. The molecule has 2 heterocycles. The van der Waals surface area contributed by atoms with E-state index in [1.807, 2.05) is 33.7 Å². The predicted octanol–water partition coefficient (Wildman–Crippen LogP) is 2.63. The van der Waals surface area contributed by atoms with Gasteiger partial charge in [-0.1, -0.05) is 30.8 Å². The molecule has 0 unspecified atom stereocenters. The highest BCUT2D eigenvalue weighted by molar-refractivity contribution is 7.99. The summed E-state index contributed by atoms with van der Waals surface area (Å²) >= 11 is 1.41. The molecule has 1 aliphatic rings. The number of hydrogen-bond acceptors (Lipinski definition) is 5. The van der Waals surface area contributed by atoms with Crippen molar-refractivity contribution in [2.24, 2.45) is 5.92 Å². The minimum atomic E-state index is 0.168. The summed E-state index contributed by atoms with van der Waals surface area (Å²) in [5.74, 6) is 1.88. The lowest BCUT2D eigenvalue weighted by atomic mass is 10.0. The van der Waals surface area contributed by atoms with Gasteiger partial charge in [0, 0.05) is 13.1 Å². The summed E-state index contributed by atoms with van der Waals surface area (Å²) in [6, 6.07) is 7.69. The zero-order valence-corrected chi connectivity index (χ0v) is 14.8. The van der Waals surface area contributed by atoms with Crippen LogP contribution in [0.15, 0.2) is 35.7 Å². The van der Waals surface area contributed by atoms with Gasteiger partial charge in [-0.3, -0.25) is 9.36 Å². The van der Waals surface area contributed by atoms with Gasteiger partial charge in [-0.2, -0.15) is 0 Å². The van der Waals surface area contributed by atoms with Crippen LogP contribution in [-0.4, -0.2) is 51.5 Å². The zero-order valence-electron chi connectivity index (χ0n) is 14.0. The van der Waals surface area contributed by atoms with Crippen LogP contribution in [0.3, 0.4) is 0 Å². The largest absolute Gasteiger partial charge is 0.495 e. The number of hydrogen-bond donors (Lipinski definition) is 0. The third kappa shape index (κ3) is 3.72. The lowest BCUT2D eigenvalue weighted by Gasteiger charge is -2.30. The molecule has 1 atom stereocenters. The van der Waals surface area contributed by atoms with Crippen LogP contribution in [0.1, 0.15) is 19.8 Å². The summed E-state index contributed by atoms with van der Waals surface area (Å²) in [5, 5.41) is 8.83. The van der Waals surface area contributed by atoms with Crippen molar-refractivity contribution >= 4 is 17.7 Å². The number of ether oxygens (including phenoxy) is 1. The number of benzene rings is 1. The lowest BCUT2D eigenvalue weighted by Crippen LogP contribution is -2.40. The van der Waals surface area contributed by atoms with Gasteiger partial charge in [0.2, 0.25) is 5.91 Å². The summed E-state index contributed by atoms with van der Waals surface area (Å²) < 4.78 is 7.25. The van der Waals surface area contributed by atoms with E-state index in [-0.39, 0.29) is 5.91 Å². The third-order valence-corrected chi connectivity index (χ3v) is 5.12. The number of aromatic nitrogens is 3. The molecule has 2 aromatic rings. The Balaban J connectivity index is 1.69. The first kappa shape index (κ1) is 16.8. The van der Waals surface area contributed by atoms with Gasteiger partial charge < -0.3 is 9.64 Å². The van der Waals surface area contributed by atoms with Crippen molar-refractivity contribution < 1.29 is 9.53 Å². The number of nitrogens with zero attached hydrogens (tertiary/aromatic N) is 4. The Morgan fingerprint density at radius 3 is 3.04 bits per heavy atom. The average molecular weight is 346 g/mol. The van der Waals surface area contributed by atoms with E-state index < -0.39 is 0 Å². The SMILES string of the molecule is COc1ccccc1-n1cnnc1SCC(=O)N1CCC[C@H](C)C1. The first-order valence-corrected chi connectivity index (χ1v) is 9.11. The molecule has 1 amide bonds. The number of amides is 1. The molecule has 1 aliphatic heterocycles. The van der Waals surface area contributed by atoms with Gasteiger partial charge in [0.05, 0.1) is 18.6 Å². The van der Waals surface area contributed by atoms with E-state index in [4.69, 9.17) is 4.74 Å². The number of thioether (sulfide) groups is 1. The van der Waals surface area contributed by atoms with E-state index in [9.17, 15) is 4.79 Å². The van der Waals surface area contributed by atoms with Gasteiger partial charge in [-0.15, -0.1) is 10.2 Å². The van der Waals surface area contributed by atoms with Gasteiger partial charge >= 0.3 is 0 Å². The fourth-order valence-electron chi connectivity index (χ4n) is 2.95. The van der Waals surface area contributed by atoms with E-state index in [0.717, 1.165) is 30.9 Å². The molecule has 24 heavy (non-hydrogen) atoms. The van der Waals surface area contributed by atoms with E-state index in [1.54, 1.807) is 13.4 Å². The van der Waals surface area contributed by atoms with Crippen molar-refractivity contribution in [2.75, 3.05) is 26.0 Å². The Kier molecular flexibility index (Phi) is 5.40. The Morgan fingerprint density at radius 2 is 2.25 bits per heavy atom. The number of rotatable bonds is 5. The van der Waals surface area contributed by atoms with Gasteiger partial charge in [0.1, 0.15) is 12.1 Å². The van der Waals surface area contributed by atoms with Crippen LogP contribution >= 0.6 is 11.8 Å². The number of methoxy groups -OCH3 is 1. The summed E-state index contributed by atoms with van der Waals surface area (Å²) in [7, 11) is 1.64. The first-order chi connectivity index (χ1) is 11.7. The molecule has 3 rings (SSSR count). The lowest BCUT2D eigenvalue weighted by molar-refractivity contribution is -0.130. The molecule has 0 radical (unpaired) electrons.